The summed E-state index contributed by atoms with van der Waals surface area (Å²) in [5.74, 6) is 1.11. The molecule has 6 heterocycles. The highest BCUT2D eigenvalue weighted by Crippen LogP contribution is 2.46. The largest absolute Gasteiger partial charge is 0.360 e. The number of fused-ring (bicyclic) bond motifs is 1. The predicted octanol–water partition coefficient (Wildman–Crippen LogP) is 7.47. The normalized spacial score (nSPS) is 23.6. The van der Waals surface area contributed by atoms with Gasteiger partial charge in [-0.15, -0.1) is 11.3 Å². The van der Waals surface area contributed by atoms with Crippen molar-refractivity contribution in [3.8, 4) is 10.6 Å². The summed E-state index contributed by atoms with van der Waals surface area (Å²) in [6, 6.07) is 4.93. The molecule has 1 amide bonds. The zero-order valence-corrected chi connectivity index (χ0v) is 27.9. The summed E-state index contributed by atoms with van der Waals surface area (Å²) < 4.78 is 0. The minimum atomic E-state index is -0.292. The number of nitrogens with zero attached hydrogens (tertiary/aromatic N) is 5. The van der Waals surface area contributed by atoms with Gasteiger partial charge in [0.1, 0.15) is 22.8 Å². The molecule has 4 fully saturated rings. The van der Waals surface area contributed by atoms with Crippen LogP contribution in [0.2, 0.25) is 10.0 Å². The summed E-state index contributed by atoms with van der Waals surface area (Å²) in [6.45, 7) is 4.66. The Morgan fingerprint density at radius 2 is 1.77 bits per heavy atom. The van der Waals surface area contributed by atoms with Gasteiger partial charge >= 0.3 is 0 Å². The molecule has 12 heteroatoms. The highest BCUT2D eigenvalue weighted by molar-refractivity contribution is 7.21. The number of aromatic nitrogens is 2. The van der Waals surface area contributed by atoms with Crippen LogP contribution in [0.4, 0.5) is 16.0 Å². The number of anilines is 3. The Morgan fingerprint density at radius 3 is 2.48 bits per heavy atom. The van der Waals surface area contributed by atoms with Gasteiger partial charge in [-0.25, -0.2) is 9.97 Å². The number of aldehydes is 1. The van der Waals surface area contributed by atoms with Crippen molar-refractivity contribution in [2.45, 2.75) is 69.9 Å². The molecule has 8 nitrogen and oxygen atoms in total. The van der Waals surface area contributed by atoms with E-state index >= 15 is 0 Å². The molecule has 2 atom stereocenters. The Bertz CT molecular complexity index is 1500. The monoisotopic (exact) mass is 672 g/mol. The molecular formula is C32H38Cl2N6O2S2. The summed E-state index contributed by atoms with van der Waals surface area (Å²) in [6.07, 6.45) is 13.5. The highest BCUT2D eigenvalue weighted by Gasteiger charge is 2.44. The molecule has 3 aromatic rings. The molecule has 0 bridgehead atoms. The maximum atomic E-state index is 13.4. The fraction of sp³-hybridized carbons (Fsp3) is 0.562. The minimum Gasteiger partial charge on any atom is -0.360 e. The summed E-state index contributed by atoms with van der Waals surface area (Å²) in [7, 11) is 0. The van der Waals surface area contributed by atoms with Crippen LogP contribution in [-0.4, -0.2) is 71.9 Å². The van der Waals surface area contributed by atoms with Crippen molar-refractivity contribution in [2.24, 2.45) is 11.8 Å². The van der Waals surface area contributed by atoms with E-state index in [0.29, 0.717) is 44.6 Å². The molecule has 1 aliphatic carbocycles. The minimum absolute atomic E-state index is 0.0916. The van der Waals surface area contributed by atoms with Crippen molar-refractivity contribution in [1.82, 2.24) is 14.9 Å². The second-order valence-corrected chi connectivity index (χ2v) is 15.4. The van der Waals surface area contributed by atoms with Crippen molar-refractivity contribution in [2.75, 3.05) is 47.8 Å². The number of carbonyl (C=O) groups excluding carboxylic acids is 2. The van der Waals surface area contributed by atoms with E-state index in [1.165, 1.54) is 62.8 Å². The first-order valence-corrected chi connectivity index (χ1v) is 18.3. The van der Waals surface area contributed by atoms with Gasteiger partial charge in [0.2, 0.25) is 0 Å². The number of halogens is 2. The standard InChI is InChI=1S/C32H38Cl2N6O2S2/c33-23-14-27(43-19-23)28-31(39-16-21-9-12-40(26(21)17-39)24-5-3-1-2-4-6-24)44-32(36-28)37-30(42)22-13-25(34)29(35-15-22)38-10-7-20(18-41)8-11-38/h13-15,18-21,24,26H,1-12,16-17H2,(H,36,37,42). The summed E-state index contributed by atoms with van der Waals surface area (Å²) >= 11 is 16.1. The van der Waals surface area contributed by atoms with Crippen LogP contribution in [0.5, 0.6) is 0 Å². The molecule has 3 saturated heterocycles. The molecule has 2 unspecified atom stereocenters. The number of likely N-dealkylation sites (tertiary alicyclic amines) is 1. The molecular weight excluding hydrogens is 635 g/mol. The number of piperidine rings is 1. The third kappa shape index (κ3) is 6.25. The first-order valence-electron chi connectivity index (χ1n) is 15.9. The number of amides is 1. The Balaban J connectivity index is 1.09. The number of thiophene rings is 1. The van der Waals surface area contributed by atoms with Crippen molar-refractivity contribution < 1.29 is 9.59 Å². The van der Waals surface area contributed by atoms with Crippen LogP contribution in [0.15, 0.2) is 23.7 Å². The van der Waals surface area contributed by atoms with Crippen LogP contribution in [-0.2, 0) is 4.79 Å². The quantitative estimate of drug-likeness (QED) is 0.206. The average Bonchev–Trinajstić information content (AvgIpc) is 3.79. The molecule has 0 spiro atoms. The van der Waals surface area contributed by atoms with Crippen LogP contribution < -0.4 is 15.1 Å². The number of rotatable bonds is 7. The van der Waals surface area contributed by atoms with E-state index < -0.39 is 0 Å². The average molecular weight is 674 g/mol. The van der Waals surface area contributed by atoms with E-state index in [2.05, 4.69) is 25.0 Å². The second-order valence-electron chi connectivity index (χ2n) is 12.7. The van der Waals surface area contributed by atoms with Gasteiger partial charge < -0.3 is 14.6 Å². The molecule has 0 aromatic carbocycles. The summed E-state index contributed by atoms with van der Waals surface area (Å²) in [5.41, 5.74) is 1.27. The second kappa shape index (κ2) is 13.2. The number of hydrogen-bond donors (Lipinski definition) is 1. The van der Waals surface area contributed by atoms with E-state index in [0.717, 1.165) is 60.9 Å². The lowest BCUT2D eigenvalue weighted by atomic mass is 9.99. The van der Waals surface area contributed by atoms with Gasteiger partial charge in [0.15, 0.2) is 5.13 Å². The van der Waals surface area contributed by atoms with E-state index in [1.54, 1.807) is 23.6 Å². The molecule has 44 heavy (non-hydrogen) atoms. The number of pyridine rings is 1. The van der Waals surface area contributed by atoms with E-state index in [1.807, 2.05) is 11.4 Å². The maximum absolute atomic E-state index is 13.4. The van der Waals surface area contributed by atoms with Gasteiger partial charge in [0.05, 0.1) is 20.5 Å². The highest BCUT2D eigenvalue weighted by atomic mass is 35.5. The third-order valence-electron chi connectivity index (χ3n) is 9.92. The summed E-state index contributed by atoms with van der Waals surface area (Å²) in [5, 5.41) is 7.74. The lowest BCUT2D eigenvalue weighted by molar-refractivity contribution is -0.111. The SMILES string of the molecule is O=CC1CCN(c2ncc(C(=O)Nc3nc(-c4cc(Cl)cs4)c(N4CC5CCN(C6CCCCCC6)C5C4)s3)cc2Cl)CC1. The number of carbonyl (C=O) groups is 2. The van der Waals surface area contributed by atoms with Crippen molar-refractivity contribution in [1.29, 1.82) is 0 Å². The Kier molecular flexibility index (Phi) is 9.15. The number of hydrogen-bond acceptors (Lipinski definition) is 9. The molecule has 1 N–H and O–H groups in total. The first-order chi connectivity index (χ1) is 21.5. The van der Waals surface area contributed by atoms with Gasteiger partial charge in [-0.1, -0.05) is 60.2 Å². The van der Waals surface area contributed by atoms with Crippen LogP contribution in [0.25, 0.3) is 10.6 Å². The Hall–Kier alpha value is -2.24. The van der Waals surface area contributed by atoms with Crippen molar-refractivity contribution in [3.05, 3.63) is 39.3 Å². The zero-order chi connectivity index (χ0) is 30.2. The molecule has 3 aromatic heterocycles. The third-order valence-corrected chi connectivity index (χ3v) is 12.5. The topological polar surface area (TPSA) is 81.7 Å². The van der Waals surface area contributed by atoms with Crippen molar-refractivity contribution >= 4 is 74.0 Å². The first kappa shape index (κ1) is 30.4. The lowest BCUT2D eigenvalue weighted by Gasteiger charge is -2.32. The van der Waals surface area contributed by atoms with Gasteiger partial charge in [0.25, 0.3) is 5.91 Å². The van der Waals surface area contributed by atoms with Gasteiger partial charge in [-0.05, 0) is 56.7 Å². The van der Waals surface area contributed by atoms with Crippen LogP contribution in [0.1, 0.15) is 68.1 Å². The van der Waals surface area contributed by atoms with Gasteiger partial charge in [-0.2, -0.15) is 0 Å². The van der Waals surface area contributed by atoms with E-state index in [4.69, 9.17) is 28.2 Å². The number of nitrogens with one attached hydrogen (secondary N) is 1. The fourth-order valence-electron chi connectivity index (χ4n) is 7.58. The van der Waals surface area contributed by atoms with Crippen LogP contribution >= 0.6 is 45.9 Å². The predicted molar refractivity (Wildman–Crippen MR) is 181 cm³/mol. The van der Waals surface area contributed by atoms with E-state index in [-0.39, 0.29) is 11.8 Å². The fourth-order valence-corrected chi connectivity index (χ4v) is 9.99. The Morgan fingerprint density at radius 1 is 0.977 bits per heavy atom. The lowest BCUT2D eigenvalue weighted by Crippen LogP contribution is -2.42. The van der Waals surface area contributed by atoms with Crippen molar-refractivity contribution in [3.63, 3.8) is 0 Å². The van der Waals surface area contributed by atoms with Gasteiger partial charge in [0, 0.05) is 55.8 Å². The molecule has 4 aliphatic rings. The molecule has 7 rings (SSSR count). The number of thiazole rings is 1. The van der Waals surface area contributed by atoms with Crippen LogP contribution in [0, 0.1) is 11.8 Å². The van der Waals surface area contributed by atoms with Gasteiger partial charge in [-0.3, -0.25) is 15.0 Å². The van der Waals surface area contributed by atoms with Crippen LogP contribution in [0.3, 0.4) is 0 Å². The molecule has 1 saturated carbocycles. The Labute approximate surface area is 276 Å². The maximum Gasteiger partial charge on any atom is 0.259 e. The molecule has 234 valence electrons. The van der Waals surface area contributed by atoms with E-state index in [9.17, 15) is 9.59 Å². The smallest absolute Gasteiger partial charge is 0.259 e. The summed E-state index contributed by atoms with van der Waals surface area (Å²) in [4.78, 5) is 42.4. The zero-order valence-electron chi connectivity index (χ0n) is 24.7. The molecule has 0 radical (unpaired) electrons. The molecule has 3 aliphatic heterocycles.